The van der Waals surface area contributed by atoms with E-state index in [4.69, 9.17) is 10.5 Å². The van der Waals surface area contributed by atoms with Crippen LogP contribution in [0.4, 0.5) is 13.2 Å². The van der Waals surface area contributed by atoms with Crippen LogP contribution in [-0.4, -0.2) is 5.91 Å². The molecule has 0 radical (unpaired) electrons. The topological polar surface area (TPSA) is 52.3 Å². The summed E-state index contributed by atoms with van der Waals surface area (Å²) in [7, 11) is 0. The first-order chi connectivity index (χ1) is 11.3. The second-order valence-electron chi connectivity index (χ2n) is 5.18. The van der Waals surface area contributed by atoms with Crippen LogP contribution in [0, 0.1) is 0 Å². The third-order valence-electron chi connectivity index (χ3n) is 3.53. The largest absolute Gasteiger partial charge is 0.457 e. The number of fused-ring (bicyclic) bond motifs is 1. The summed E-state index contributed by atoms with van der Waals surface area (Å²) in [5, 5.41) is 1.47. The first kappa shape index (κ1) is 15.9. The predicted octanol–water partition coefficient (Wildman–Crippen LogP) is 5.00. The van der Waals surface area contributed by atoms with Crippen molar-refractivity contribution < 1.29 is 24.1 Å². The summed E-state index contributed by atoms with van der Waals surface area (Å²) in [6, 6.07) is 14.6. The number of carbonyl (C=O) groups excluding carboxylic acids is 1. The molecule has 24 heavy (non-hydrogen) atoms. The number of hydrogen-bond donors (Lipinski definition) is 1. The summed E-state index contributed by atoms with van der Waals surface area (Å²) in [6.07, 6.45) is -4.39. The average molecular weight is 333 g/mol. The van der Waals surface area contributed by atoms with E-state index in [0.29, 0.717) is 11.3 Å². The molecule has 0 atom stereocenters. The quantitative estimate of drug-likeness (QED) is 0.733. The van der Waals surface area contributed by atoms with E-state index in [1.165, 1.54) is 12.1 Å². The normalized spacial score (nSPS) is 11.5. The number of nitrogens with two attached hydrogens (primary N) is 1. The third kappa shape index (κ3) is 3.17. The van der Waals surface area contributed by atoms with Crippen LogP contribution in [0.25, 0.3) is 10.8 Å². The Hall–Kier alpha value is -3.02. The second kappa shape index (κ2) is 5.88. The molecule has 1 amide bonds. The van der Waals surface area contributed by atoms with Gasteiger partial charge in [0, 0.05) is 12.4 Å². The number of primary amides is 1. The van der Waals surface area contributed by atoms with Crippen molar-refractivity contribution in [2.75, 3.05) is 0 Å². The molecule has 3 aromatic carbocycles. The summed E-state index contributed by atoms with van der Waals surface area (Å²) >= 11 is 0. The number of alkyl halides is 3. The molecule has 0 fully saturated rings. The Balaban J connectivity index is 0.00000225. The van der Waals surface area contributed by atoms with Gasteiger partial charge in [-0.25, -0.2) is 0 Å². The molecule has 0 saturated heterocycles. The van der Waals surface area contributed by atoms with Crippen LogP contribution in [0.15, 0.2) is 60.7 Å². The Morgan fingerprint density at radius 3 is 2.33 bits per heavy atom. The highest BCUT2D eigenvalue weighted by Gasteiger charge is 2.30. The fourth-order valence-electron chi connectivity index (χ4n) is 2.34. The predicted molar refractivity (Wildman–Crippen MR) is 86.1 cm³/mol. The van der Waals surface area contributed by atoms with Gasteiger partial charge < -0.3 is 10.5 Å². The smallest absolute Gasteiger partial charge is 0.416 e. The van der Waals surface area contributed by atoms with Crippen molar-refractivity contribution in [1.82, 2.24) is 0 Å². The van der Waals surface area contributed by atoms with Crippen LogP contribution in [-0.2, 0) is 6.18 Å². The van der Waals surface area contributed by atoms with E-state index >= 15 is 0 Å². The highest BCUT2D eigenvalue weighted by molar-refractivity contribution is 5.99. The van der Waals surface area contributed by atoms with E-state index in [9.17, 15) is 18.0 Å². The molecule has 0 aliphatic carbocycles. The van der Waals surface area contributed by atoms with Crippen molar-refractivity contribution in [3.63, 3.8) is 0 Å². The maximum atomic E-state index is 12.6. The van der Waals surface area contributed by atoms with Crippen molar-refractivity contribution in [3.05, 3.63) is 71.8 Å². The van der Waals surface area contributed by atoms with Gasteiger partial charge in [0.2, 0.25) is 5.91 Å². The number of amides is 1. The molecule has 6 heteroatoms. The zero-order chi connectivity index (χ0) is 17.3. The Bertz CT molecular complexity index is 908. The highest BCUT2D eigenvalue weighted by atomic mass is 19.4. The van der Waals surface area contributed by atoms with Gasteiger partial charge in [-0.2, -0.15) is 13.2 Å². The zero-order valence-corrected chi connectivity index (χ0v) is 12.3. The molecule has 0 saturated carbocycles. The van der Waals surface area contributed by atoms with Gasteiger partial charge in [0.15, 0.2) is 0 Å². The van der Waals surface area contributed by atoms with Crippen molar-refractivity contribution in [2.24, 2.45) is 5.73 Å². The molecule has 0 aliphatic rings. The molecule has 3 aromatic rings. The number of ether oxygens (including phenoxy) is 1. The number of rotatable bonds is 3. The SMILES string of the molecule is NC(=O)c1ccc2c(Oc3ccc(C(F)(F)F)cc3)cccc2c1.[HH]. The van der Waals surface area contributed by atoms with Gasteiger partial charge >= 0.3 is 6.18 Å². The van der Waals surface area contributed by atoms with Gasteiger partial charge in [-0.1, -0.05) is 12.1 Å². The highest BCUT2D eigenvalue weighted by Crippen LogP contribution is 2.33. The van der Waals surface area contributed by atoms with Crippen LogP contribution >= 0.6 is 0 Å². The van der Waals surface area contributed by atoms with E-state index in [0.717, 1.165) is 22.9 Å². The molecule has 0 unspecified atom stereocenters. The van der Waals surface area contributed by atoms with Gasteiger partial charge in [-0.3, -0.25) is 4.79 Å². The molecule has 2 N–H and O–H groups in total. The first-order valence-corrected chi connectivity index (χ1v) is 7.02. The maximum Gasteiger partial charge on any atom is 0.416 e. The third-order valence-corrected chi connectivity index (χ3v) is 3.53. The van der Waals surface area contributed by atoms with Crippen LogP contribution in [0.5, 0.6) is 11.5 Å². The van der Waals surface area contributed by atoms with Crippen molar-refractivity contribution in [3.8, 4) is 11.5 Å². The molecule has 3 nitrogen and oxygen atoms in total. The van der Waals surface area contributed by atoms with E-state index in [1.807, 2.05) is 0 Å². The lowest BCUT2D eigenvalue weighted by Crippen LogP contribution is -2.10. The van der Waals surface area contributed by atoms with E-state index < -0.39 is 17.6 Å². The minimum absolute atomic E-state index is 0. The van der Waals surface area contributed by atoms with Crippen LogP contribution in [0.3, 0.4) is 0 Å². The van der Waals surface area contributed by atoms with Gasteiger partial charge in [0.1, 0.15) is 11.5 Å². The lowest BCUT2D eigenvalue weighted by atomic mass is 10.1. The lowest BCUT2D eigenvalue weighted by molar-refractivity contribution is -0.137. The van der Waals surface area contributed by atoms with Crippen molar-refractivity contribution in [1.29, 1.82) is 0 Å². The second-order valence-corrected chi connectivity index (χ2v) is 5.18. The zero-order valence-electron chi connectivity index (χ0n) is 12.3. The van der Waals surface area contributed by atoms with E-state index in [2.05, 4.69) is 0 Å². The van der Waals surface area contributed by atoms with Crippen LogP contribution < -0.4 is 10.5 Å². The summed E-state index contributed by atoms with van der Waals surface area (Å²) in [5.74, 6) is 0.226. The van der Waals surface area contributed by atoms with Crippen LogP contribution in [0.2, 0.25) is 0 Å². The Labute approximate surface area is 136 Å². The minimum atomic E-state index is -4.39. The Kier molecular flexibility index (Phi) is 3.89. The standard InChI is InChI=1S/C18H12F3NO2.H2/c19-18(20,21)13-5-7-14(8-6-13)24-16-3-1-2-11-10-12(17(22)23)4-9-15(11)16;/h1-10H,(H2,22,23);1H. The molecule has 0 aromatic heterocycles. The summed E-state index contributed by atoms with van der Waals surface area (Å²) in [6.45, 7) is 0. The molecule has 0 heterocycles. The average Bonchev–Trinajstić information content (AvgIpc) is 2.54. The number of benzene rings is 3. The summed E-state index contributed by atoms with van der Waals surface area (Å²) < 4.78 is 43.4. The van der Waals surface area contributed by atoms with Gasteiger partial charge in [-0.05, 0) is 53.9 Å². The number of hydrogen-bond acceptors (Lipinski definition) is 2. The first-order valence-electron chi connectivity index (χ1n) is 7.02. The number of carbonyl (C=O) groups is 1. The molecule has 3 rings (SSSR count). The Morgan fingerprint density at radius 1 is 1.00 bits per heavy atom. The fourth-order valence-corrected chi connectivity index (χ4v) is 2.34. The molecular formula is C18H14F3NO2. The van der Waals surface area contributed by atoms with Crippen molar-refractivity contribution >= 4 is 16.7 Å². The number of halogens is 3. The fraction of sp³-hybridized carbons (Fsp3) is 0.0556. The molecule has 0 aliphatic heterocycles. The Morgan fingerprint density at radius 2 is 1.71 bits per heavy atom. The summed E-state index contributed by atoms with van der Waals surface area (Å²) in [5.41, 5.74) is 4.89. The van der Waals surface area contributed by atoms with E-state index in [-0.39, 0.29) is 7.18 Å². The van der Waals surface area contributed by atoms with Gasteiger partial charge in [-0.15, -0.1) is 0 Å². The van der Waals surface area contributed by atoms with Crippen molar-refractivity contribution in [2.45, 2.75) is 6.18 Å². The molecule has 0 spiro atoms. The van der Waals surface area contributed by atoms with Crippen LogP contribution in [0.1, 0.15) is 17.3 Å². The molecule has 124 valence electrons. The van der Waals surface area contributed by atoms with Gasteiger partial charge in [0.05, 0.1) is 5.56 Å². The molecule has 0 bridgehead atoms. The minimum Gasteiger partial charge on any atom is -0.457 e. The maximum absolute atomic E-state index is 12.6. The molecular weight excluding hydrogens is 319 g/mol. The van der Waals surface area contributed by atoms with E-state index in [1.54, 1.807) is 36.4 Å². The summed E-state index contributed by atoms with van der Waals surface area (Å²) in [4.78, 5) is 11.2. The monoisotopic (exact) mass is 333 g/mol. The lowest BCUT2D eigenvalue weighted by Gasteiger charge is -2.11. The van der Waals surface area contributed by atoms with Gasteiger partial charge in [0.25, 0.3) is 0 Å².